The maximum absolute atomic E-state index is 12.0. The zero-order valence-corrected chi connectivity index (χ0v) is 12.1. The normalized spacial score (nSPS) is 12.6. The Bertz CT molecular complexity index is 277. The lowest BCUT2D eigenvalue weighted by molar-refractivity contribution is -0.139. The van der Waals surface area contributed by atoms with Gasteiger partial charge in [-0.1, -0.05) is 27.7 Å². The highest BCUT2D eigenvalue weighted by Crippen LogP contribution is 2.06. The number of nitrogens with zero attached hydrogens (tertiary/aromatic N) is 1. The molecule has 0 aliphatic heterocycles. The van der Waals surface area contributed by atoms with Crippen LogP contribution in [0.1, 0.15) is 41.0 Å². The number of hydrogen-bond acceptors (Lipinski definition) is 2. The molecule has 0 spiro atoms. The lowest BCUT2D eigenvalue weighted by Crippen LogP contribution is -2.49. The maximum atomic E-state index is 12.0. The van der Waals surface area contributed by atoms with Crippen LogP contribution in [0.25, 0.3) is 0 Å². The standard InChI is InChI=1S/C13H26N2O3/c1-6-15(8-10(4)5)13(18)14-11(12(16)17)7-9(2)3/h9-11H,6-8H2,1-5H3,(H,14,18)(H,16,17). The quantitative estimate of drug-likeness (QED) is 0.735. The summed E-state index contributed by atoms with van der Waals surface area (Å²) in [7, 11) is 0. The van der Waals surface area contributed by atoms with Gasteiger partial charge in [0.05, 0.1) is 0 Å². The van der Waals surface area contributed by atoms with E-state index < -0.39 is 12.0 Å². The van der Waals surface area contributed by atoms with Crippen LogP contribution in [-0.4, -0.2) is 41.1 Å². The third-order valence-electron chi connectivity index (χ3n) is 2.56. The molecule has 0 aromatic heterocycles. The van der Waals surface area contributed by atoms with Crippen LogP contribution in [0.3, 0.4) is 0 Å². The fourth-order valence-electron chi connectivity index (χ4n) is 1.73. The molecule has 0 aliphatic carbocycles. The van der Waals surface area contributed by atoms with E-state index in [1.54, 1.807) is 4.90 Å². The summed E-state index contributed by atoms with van der Waals surface area (Å²) in [5.41, 5.74) is 0. The van der Waals surface area contributed by atoms with Gasteiger partial charge in [0.1, 0.15) is 6.04 Å². The number of aliphatic carboxylic acids is 1. The Labute approximate surface area is 110 Å². The second kappa shape index (κ2) is 7.95. The van der Waals surface area contributed by atoms with Gasteiger partial charge in [-0.2, -0.15) is 0 Å². The number of amides is 2. The number of urea groups is 1. The molecule has 0 fully saturated rings. The van der Waals surface area contributed by atoms with Crippen molar-refractivity contribution in [1.82, 2.24) is 10.2 Å². The average molecular weight is 258 g/mol. The highest BCUT2D eigenvalue weighted by molar-refractivity contribution is 5.82. The molecule has 2 amide bonds. The van der Waals surface area contributed by atoms with Crippen molar-refractivity contribution in [3.63, 3.8) is 0 Å². The van der Waals surface area contributed by atoms with E-state index in [4.69, 9.17) is 5.11 Å². The van der Waals surface area contributed by atoms with E-state index in [0.29, 0.717) is 25.4 Å². The van der Waals surface area contributed by atoms with Crippen LogP contribution in [0.15, 0.2) is 0 Å². The molecule has 0 bridgehead atoms. The molecule has 5 nitrogen and oxygen atoms in total. The molecule has 0 rings (SSSR count). The monoisotopic (exact) mass is 258 g/mol. The van der Waals surface area contributed by atoms with Crippen LogP contribution in [0.2, 0.25) is 0 Å². The number of carbonyl (C=O) groups is 2. The minimum Gasteiger partial charge on any atom is -0.480 e. The summed E-state index contributed by atoms with van der Waals surface area (Å²) in [5, 5.41) is 11.7. The van der Waals surface area contributed by atoms with E-state index in [0.717, 1.165) is 0 Å². The third-order valence-corrected chi connectivity index (χ3v) is 2.56. The molecule has 106 valence electrons. The maximum Gasteiger partial charge on any atom is 0.326 e. The summed E-state index contributed by atoms with van der Waals surface area (Å²) in [6.07, 6.45) is 0.445. The van der Waals surface area contributed by atoms with E-state index in [1.165, 1.54) is 0 Å². The van der Waals surface area contributed by atoms with Crippen molar-refractivity contribution < 1.29 is 14.7 Å². The van der Waals surface area contributed by atoms with Gasteiger partial charge in [0, 0.05) is 13.1 Å². The predicted molar refractivity (Wildman–Crippen MR) is 71.5 cm³/mol. The van der Waals surface area contributed by atoms with Crippen molar-refractivity contribution in [3.05, 3.63) is 0 Å². The minimum absolute atomic E-state index is 0.228. The van der Waals surface area contributed by atoms with Crippen LogP contribution in [0, 0.1) is 11.8 Å². The Balaban J connectivity index is 4.51. The number of hydrogen-bond donors (Lipinski definition) is 2. The lowest BCUT2D eigenvalue weighted by Gasteiger charge is -2.26. The molecule has 18 heavy (non-hydrogen) atoms. The second-order valence-corrected chi connectivity index (χ2v) is 5.40. The SMILES string of the molecule is CCN(CC(C)C)C(=O)NC(CC(C)C)C(=O)O. The minimum atomic E-state index is -0.974. The van der Waals surface area contributed by atoms with Crippen LogP contribution in [-0.2, 0) is 4.79 Å². The summed E-state index contributed by atoms with van der Waals surface area (Å²) >= 11 is 0. The Morgan fingerprint density at radius 2 is 1.72 bits per heavy atom. The van der Waals surface area contributed by atoms with E-state index >= 15 is 0 Å². The van der Waals surface area contributed by atoms with Gasteiger partial charge in [-0.3, -0.25) is 0 Å². The summed E-state index contributed by atoms with van der Waals surface area (Å²) < 4.78 is 0. The third kappa shape index (κ3) is 6.47. The van der Waals surface area contributed by atoms with Crippen molar-refractivity contribution in [2.45, 2.75) is 47.1 Å². The van der Waals surface area contributed by atoms with Gasteiger partial charge in [0.25, 0.3) is 0 Å². The topological polar surface area (TPSA) is 69.6 Å². The van der Waals surface area contributed by atoms with Crippen molar-refractivity contribution >= 4 is 12.0 Å². The summed E-state index contributed by atoms with van der Waals surface area (Å²) in [6, 6.07) is -1.10. The van der Waals surface area contributed by atoms with Crippen LogP contribution < -0.4 is 5.32 Å². The van der Waals surface area contributed by atoms with Crippen molar-refractivity contribution in [2.75, 3.05) is 13.1 Å². The van der Waals surface area contributed by atoms with Crippen LogP contribution >= 0.6 is 0 Å². The van der Waals surface area contributed by atoms with Gasteiger partial charge in [-0.25, -0.2) is 9.59 Å². The molecule has 0 aromatic rings. The summed E-state index contributed by atoms with van der Waals surface area (Å²) in [5.74, 6) is -0.381. The fraction of sp³-hybridized carbons (Fsp3) is 0.846. The fourth-order valence-corrected chi connectivity index (χ4v) is 1.73. The number of rotatable bonds is 7. The molecule has 0 saturated carbocycles. The van der Waals surface area contributed by atoms with E-state index in [2.05, 4.69) is 5.32 Å². The first-order chi connectivity index (χ1) is 8.27. The molecule has 2 N–H and O–H groups in total. The molecular weight excluding hydrogens is 232 g/mol. The smallest absolute Gasteiger partial charge is 0.326 e. The first-order valence-corrected chi connectivity index (χ1v) is 6.56. The first kappa shape index (κ1) is 16.7. The van der Waals surface area contributed by atoms with Gasteiger partial charge in [0.2, 0.25) is 0 Å². The van der Waals surface area contributed by atoms with Gasteiger partial charge < -0.3 is 15.3 Å². The molecule has 1 atom stereocenters. The molecule has 0 radical (unpaired) electrons. The molecule has 1 unspecified atom stereocenters. The number of carboxylic acid groups (broad SMARTS) is 1. The van der Waals surface area contributed by atoms with Gasteiger partial charge in [0.15, 0.2) is 0 Å². The molecule has 0 aromatic carbocycles. The number of carboxylic acids is 1. The summed E-state index contributed by atoms with van der Waals surface area (Å²) in [4.78, 5) is 24.7. The molecule has 0 heterocycles. The zero-order valence-electron chi connectivity index (χ0n) is 12.1. The number of nitrogens with one attached hydrogen (secondary N) is 1. The largest absolute Gasteiger partial charge is 0.480 e. The van der Waals surface area contributed by atoms with Gasteiger partial charge in [-0.15, -0.1) is 0 Å². The Morgan fingerprint density at radius 1 is 1.17 bits per heavy atom. The van der Waals surface area contributed by atoms with E-state index in [1.807, 2.05) is 34.6 Å². The zero-order chi connectivity index (χ0) is 14.3. The van der Waals surface area contributed by atoms with E-state index in [-0.39, 0.29) is 11.9 Å². The highest BCUT2D eigenvalue weighted by Gasteiger charge is 2.23. The highest BCUT2D eigenvalue weighted by atomic mass is 16.4. The van der Waals surface area contributed by atoms with Gasteiger partial charge >= 0.3 is 12.0 Å². The Hall–Kier alpha value is -1.26. The lowest BCUT2D eigenvalue weighted by atomic mass is 10.0. The van der Waals surface area contributed by atoms with Gasteiger partial charge in [-0.05, 0) is 25.2 Å². The molecule has 0 aliphatic rings. The van der Waals surface area contributed by atoms with E-state index in [9.17, 15) is 9.59 Å². The Kier molecular flexibility index (Phi) is 7.39. The molecule has 0 saturated heterocycles. The Morgan fingerprint density at radius 3 is 2.06 bits per heavy atom. The van der Waals surface area contributed by atoms with Crippen molar-refractivity contribution in [3.8, 4) is 0 Å². The van der Waals surface area contributed by atoms with Crippen LogP contribution in [0.5, 0.6) is 0 Å². The van der Waals surface area contributed by atoms with Crippen molar-refractivity contribution in [2.24, 2.45) is 11.8 Å². The van der Waals surface area contributed by atoms with Crippen LogP contribution in [0.4, 0.5) is 4.79 Å². The second-order valence-electron chi connectivity index (χ2n) is 5.40. The summed E-state index contributed by atoms with van der Waals surface area (Å²) in [6.45, 7) is 11.0. The first-order valence-electron chi connectivity index (χ1n) is 6.56. The molecule has 5 heteroatoms. The predicted octanol–water partition coefficient (Wildman–Crippen LogP) is 2.17. The molecular formula is C13H26N2O3. The van der Waals surface area contributed by atoms with Crippen molar-refractivity contribution in [1.29, 1.82) is 0 Å². The average Bonchev–Trinajstić information content (AvgIpc) is 2.23. The number of carbonyl (C=O) groups excluding carboxylic acids is 1.